The first kappa shape index (κ1) is 23.7. The first-order valence-corrected chi connectivity index (χ1v) is 10.5. The van der Waals surface area contributed by atoms with Gasteiger partial charge in [-0.2, -0.15) is 0 Å². The van der Waals surface area contributed by atoms with E-state index in [2.05, 4.69) is 29.4 Å². The predicted octanol–water partition coefficient (Wildman–Crippen LogP) is 2.46. The number of likely N-dealkylation sites (tertiary alicyclic amines) is 1. The number of para-hydroxylation sites is 2. The molecule has 7 nitrogen and oxygen atoms in total. The number of benzene rings is 1. The summed E-state index contributed by atoms with van der Waals surface area (Å²) < 4.78 is 5.50. The number of halogens is 1. The zero-order valence-electron chi connectivity index (χ0n) is 17.5. The van der Waals surface area contributed by atoms with Crippen LogP contribution in [0.2, 0.25) is 0 Å². The van der Waals surface area contributed by atoms with Crippen LogP contribution in [0.1, 0.15) is 33.1 Å². The molecule has 2 aliphatic heterocycles. The number of aliphatic imine (C=N–C) groups is 1. The number of nitrogens with zero attached hydrogens (tertiary/aromatic N) is 3. The fourth-order valence-corrected chi connectivity index (χ4v) is 3.90. The Morgan fingerprint density at radius 1 is 1.28 bits per heavy atom. The van der Waals surface area contributed by atoms with Crippen molar-refractivity contribution in [3.8, 4) is 5.75 Å². The number of nitrogens with one attached hydrogen (secondary N) is 2. The van der Waals surface area contributed by atoms with E-state index in [4.69, 9.17) is 9.73 Å². The average molecular weight is 515 g/mol. The SMILES string of the molecule is CCNC(=NCC1CCCN1CC)NCCCN1C(=O)COc2ccccc21.I. The molecular weight excluding hydrogens is 481 g/mol. The predicted molar refractivity (Wildman–Crippen MR) is 129 cm³/mol. The number of likely N-dealkylation sites (N-methyl/N-ethyl adjacent to an activating group) is 1. The minimum atomic E-state index is 0. The second-order valence-electron chi connectivity index (χ2n) is 7.23. The van der Waals surface area contributed by atoms with Crippen LogP contribution in [0.15, 0.2) is 29.3 Å². The Hall–Kier alpha value is -1.55. The molecule has 1 aromatic carbocycles. The average Bonchev–Trinajstić information content (AvgIpc) is 3.18. The van der Waals surface area contributed by atoms with E-state index in [9.17, 15) is 4.79 Å². The summed E-state index contributed by atoms with van der Waals surface area (Å²) in [5.41, 5.74) is 0.861. The van der Waals surface area contributed by atoms with E-state index in [0.29, 0.717) is 12.6 Å². The zero-order chi connectivity index (χ0) is 19.8. The van der Waals surface area contributed by atoms with Gasteiger partial charge in [-0.15, -0.1) is 24.0 Å². The molecule has 1 unspecified atom stereocenters. The molecular formula is C21H34IN5O2. The van der Waals surface area contributed by atoms with Gasteiger partial charge >= 0.3 is 0 Å². The monoisotopic (exact) mass is 515 g/mol. The van der Waals surface area contributed by atoms with Gasteiger partial charge in [-0.05, 0) is 51.4 Å². The molecule has 1 saturated heterocycles. The van der Waals surface area contributed by atoms with Gasteiger partial charge < -0.3 is 20.3 Å². The van der Waals surface area contributed by atoms with Crippen molar-refractivity contribution < 1.29 is 9.53 Å². The van der Waals surface area contributed by atoms with Crippen LogP contribution < -0.4 is 20.3 Å². The van der Waals surface area contributed by atoms with Crippen molar-refractivity contribution in [2.45, 2.75) is 39.2 Å². The van der Waals surface area contributed by atoms with Gasteiger partial charge in [0.2, 0.25) is 0 Å². The third-order valence-corrected chi connectivity index (χ3v) is 5.37. The minimum Gasteiger partial charge on any atom is -0.482 e. The molecule has 1 atom stereocenters. The number of guanidine groups is 1. The lowest BCUT2D eigenvalue weighted by atomic mass is 10.2. The van der Waals surface area contributed by atoms with Crippen LogP contribution in [0.4, 0.5) is 5.69 Å². The summed E-state index contributed by atoms with van der Waals surface area (Å²) in [4.78, 5) is 21.3. The summed E-state index contributed by atoms with van der Waals surface area (Å²) >= 11 is 0. The van der Waals surface area contributed by atoms with E-state index < -0.39 is 0 Å². The number of carbonyl (C=O) groups excluding carboxylic acids is 1. The molecule has 2 N–H and O–H groups in total. The maximum atomic E-state index is 12.2. The first-order chi connectivity index (χ1) is 13.7. The molecule has 162 valence electrons. The fourth-order valence-electron chi connectivity index (χ4n) is 3.90. The summed E-state index contributed by atoms with van der Waals surface area (Å²) in [6.07, 6.45) is 3.34. The smallest absolute Gasteiger partial charge is 0.265 e. The normalized spacial score (nSPS) is 19.4. The van der Waals surface area contributed by atoms with Crippen molar-refractivity contribution in [3.05, 3.63) is 24.3 Å². The third-order valence-electron chi connectivity index (χ3n) is 5.37. The second-order valence-corrected chi connectivity index (χ2v) is 7.23. The molecule has 0 aliphatic carbocycles. The Balaban J connectivity index is 0.00000300. The zero-order valence-corrected chi connectivity index (χ0v) is 19.9. The van der Waals surface area contributed by atoms with Crippen LogP contribution >= 0.6 is 24.0 Å². The van der Waals surface area contributed by atoms with Crippen LogP contribution in [-0.4, -0.2) is 68.7 Å². The molecule has 0 bridgehead atoms. The third kappa shape index (κ3) is 6.47. The molecule has 0 radical (unpaired) electrons. The lowest BCUT2D eigenvalue weighted by molar-refractivity contribution is -0.121. The Morgan fingerprint density at radius 3 is 2.90 bits per heavy atom. The Morgan fingerprint density at radius 2 is 2.10 bits per heavy atom. The van der Waals surface area contributed by atoms with E-state index >= 15 is 0 Å². The van der Waals surface area contributed by atoms with Gasteiger partial charge in [-0.25, -0.2) is 0 Å². The highest BCUT2D eigenvalue weighted by Crippen LogP contribution is 2.31. The number of ether oxygens (including phenoxy) is 1. The van der Waals surface area contributed by atoms with Crippen LogP contribution in [0.3, 0.4) is 0 Å². The lowest BCUT2D eigenvalue weighted by Crippen LogP contribution is -2.42. The number of rotatable bonds is 8. The lowest BCUT2D eigenvalue weighted by Gasteiger charge is -2.29. The standard InChI is InChI=1S/C21H33N5O2.HI/c1-3-22-21(24-15-17-9-7-13-25(17)4-2)23-12-8-14-26-18-10-5-6-11-19(18)28-16-20(26)27;/h5-6,10-11,17H,3-4,7-9,12-16H2,1-2H3,(H2,22,23,24);1H. The molecule has 3 rings (SSSR count). The highest BCUT2D eigenvalue weighted by Gasteiger charge is 2.24. The summed E-state index contributed by atoms with van der Waals surface area (Å²) in [6.45, 7) is 9.80. The van der Waals surface area contributed by atoms with Gasteiger partial charge in [-0.1, -0.05) is 19.1 Å². The molecule has 2 aliphatic rings. The largest absolute Gasteiger partial charge is 0.482 e. The number of anilines is 1. The van der Waals surface area contributed by atoms with Crippen molar-refractivity contribution in [1.82, 2.24) is 15.5 Å². The number of amides is 1. The molecule has 1 aromatic rings. The van der Waals surface area contributed by atoms with E-state index in [1.165, 1.54) is 19.4 Å². The molecule has 8 heteroatoms. The quantitative estimate of drug-likeness (QED) is 0.241. The van der Waals surface area contributed by atoms with Crippen LogP contribution in [0, 0.1) is 0 Å². The topological polar surface area (TPSA) is 69.2 Å². The number of carbonyl (C=O) groups is 1. The van der Waals surface area contributed by atoms with Gasteiger partial charge in [-0.3, -0.25) is 14.7 Å². The molecule has 0 spiro atoms. The van der Waals surface area contributed by atoms with Gasteiger partial charge in [0.25, 0.3) is 5.91 Å². The summed E-state index contributed by atoms with van der Waals surface area (Å²) in [6, 6.07) is 8.27. The highest BCUT2D eigenvalue weighted by atomic mass is 127. The van der Waals surface area contributed by atoms with Gasteiger partial charge in [0.1, 0.15) is 5.75 Å². The summed E-state index contributed by atoms with van der Waals surface area (Å²) in [5.74, 6) is 1.65. The molecule has 2 heterocycles. The maximum absolute atomic E-state index is 12.2. The van der Waals surface area contributed by atoms with Gasteiger partial charge in [0.15, 0.2) is 12.6 Å². The summed E-state index contributed by atoms with van der Waals surface area (Å²) in [5, 5.41) is 6.73. The van der Waals surface area contributed by atoms with E-state index in [-0.39, 0.29) is 36.5 Å². The molecule has 0 saturated carbocycles. The Kier molecular flexibility index (Phi) is 9.99. The van der Waals surface area contributed by atoms with Gasteiger partial charge in [0.05, 0.1) is 12.2 Å². The van der Waals surface area contributed by atoms with Crippen molar-refractivity contribution in [2.24, 2.45) is 4.99 Å². The Labute approximate surface area is 191 Å². The van der Waals surface area contributed by atoms with Crippen molar-refractivity contribution in [3.63, 3.8) is 0 Å². The molecule has 0 aromatic heterocycles. The summed E-state index contributed by atoms with van der Waals surface area (Å²) in [7, 11) is 0. The molecule has 29 heavy (non-hydrogen) atoms. The maximum Gasteiger partial charge on any atom is 0.265 e. The van der Waals surface area contributed by atoms with E-state index in [1.807, 2.05) is 29.2 Å². The van der Waals surface area contributed by atoms with Crippen LogP contribution in [-0.2, 0) is 4.79 Å². The number of hydrogen-bond donors (Lipinski definition) is 2. The van der Waals surface area contributed by atoms with Crippen molar-refractivity contribution in [1.29, 1.82) is 0 Å². The second kappa shape index (κ2) is 12.2. The van der Waals surface area contributed by atoms with Crippen molar-refractivity contribution in [2.75, 3.05) is 50.8 Å². The van der Waals surface area contributed by atoms with E-state index in [0.717, 1.165) is 50.0 Å². The number of fused-ring (bicyclic) bond motifs is 1. The van der Waals surface area contributed by atoms with E-state index in [1.54, 1.807) is 0 Å². The molecule has 1 fully saturated rings. The minimum absolute atomic E-state index is 0. The fraction of sp³-hybridized carbons (Fsp3) is 0.619. The van der Waals surface area contributed by atoms with Crippen molar-refractivity contribution >= 4 is 41.5 Å². The molecule has 1 amide bonds. The van der Waals surface area contributed by atoms with Gasteiger partial charge in [0, 0.05) is 25.7 Å². The van der Waals surface area contributed by atoms with Crippen LogP contribution in [0.5, 0.6) is 5.75 Å². The number of hydrogen-bond acceptors (Lipinski definition) is 4. The highest BCUT2D eigenvalue weighted by molar-refractivity contribution is 14.0. The van der Waals surface area contributed by atoms with Crippen LogP contribution in [0.25, 0.3) is 0 Å². The Bertz CT molecular complexity index is 685. The first-order valence-electron chi connectivity index (χ1n) is 10.5.